The molecule has 1 saturated heterocycles. The van der Waals surface area contributed by atoms with E-state index in [1.54, 1.807) is 0 Å². The molecule has 3 rings (SSSR count). The first-order chi connectivity index (χ1) is 9.81. The van der Waals surface area contributed by atoms with Crippen LogP contribution < -0.4 is 10.2 Å². The number of aliphatic hydroxyl groups is 1. The maximum Gasteiger partial charge on any atom is 0.172 e. The van der Waals surface area contributed by atoms with Crippen LogP contribution in [0.15, 0.2) is 24.3 Å². The van der Waals surface area contributed by atoms with Crippen LogP contribution in [-0.2, 0) is 0 Å². The molecule has 0 radical (unpaired) electrons. The van der Waals surface area contributed by atoms with Crippen LogP contribution in [0.1, 0.15) is 12.8 Å². The summed E-state index contributed by atoms with van der Waals surface area (Å²) in [5, 5.41) is 12.5. The highest BCUT2D eigenvalue weighted by molar-refractivity contribution is 5.80. The van der Waals surface area contributed by atoms with E-state index < -0.39 is 0 Å². The highest BCUT2D eigenvalue weighted by Gasteiger charge is 2.23. The molecule has 20 heavy (non-hydrogen) atoms. The van der Waals surface area contributed by atoms with Crippen molar-refractivity contribution < 1.29 is 5.11 Å². The van der Waals surface area contributed by atoms with Crippen LogP contribution in [0.3, 0.4) is 0 Å². The fourth-order valence-electron chi connectivity index (χ4n) is 2.79. The highest BCUT2D eigenvalue weighted by atomic mass is 16.3. The highest BCUT2D eigenvalue weighted by Crippen LogP contribution is 2.28. The van der Waals surface area contributed by atoms with E-state index in [9.17, 15) is 5.11 Å². The molecular formula is C15H20N4O. The summed E-state index contributed by atoms with van der Waals surface area (Å²) in [4.78, 5) is 11.6. The summed E-state index contributed by atoms with van der Waals surface area (Å²) >= 11 is 0. The Kier molecular flexibility index (Phi) is 3.69. The molecule has 1 aliphatic heterocycles. The number of hydrogen-bond acceptors (Lipinski definition) is 5. The molecule has 1 aromatic carbocycles. The summed E-state index contributed by atoms with van der Waals surface area (Å²) in [7, 11) is 1.87. The molecule has 106 valence electrons. The first kappa shape index (κ1) is 13.1. The lowest BCUT2D eigenvalue weighted by Gasteiger charge is -2.33. The molecule has 1 atom stereocenters. The molecule has 2 aromatic rings. The van der Waals surface area contributed by atoms with Gasteiger partial charge in [-0.25, -0.2) is 9.97 Å². The van der Waals surface area contributed by atoms with Crippen LogP contribution in [-0.4, -0.2) is 41.8 Å². The maximum atomic E-state index is 9.38. The third-order valence-corrected chi connectivity index (χ3v) is 3.87. The van der Waals surface area contributed by atoms with Crippen LogP contribution in [0.4, 0.5) is 11.6 Å². The quantitative estimate of drug-likeness (QED) is 0.893. The first-order valence-electron chi connectivity index (χ1n) is 7.12. The van der Waals surface area contributed by atoms with E-state index in [1.165, 1.54) is 0 Å². The van der Waals surface area contributed by atoms with Gasteiger partial charge in [0, 0.05) is 26.7 Å². The van der Waals surface area contributed by atoms with Gasteiger partial charge in [0.2, 0.25) is 0 Å². The van der Waals surface area contributed by atoms with Gasteiger partial charge >= 0.3 is 0 Å². The summed E-state index contributed by atoms with van der Waals surface area (Å²) < 4.78 is 0. The number of hydrogen-bond donors (Lipinski definition) is 2. The molecule has 0 saturated carbocycles. The smallest absolute Gasteiger partial charge is 0.172 e. The topological polar surface area (TPSA) is 61.3 Å². The van der Waals surface area contributed by atoms with Crippen molar-refractivity contribution >= 4 is 22.7 Å². The fraction of sp³-hybridized carbons (Fsp3) is 0.467. The van der Waals surface area contributed by atoms with Crippen molar-refractivity contribution in [1.29, 1.82) is 0 Å². The van der Waals surface area contributed by atoms with Crippen LogP contribution in [0.2, 0.25) is 0 Å². The molecule has 1 aliphatic rings. The lowest BCUT2D eigenvalue weighted by molar-refractivity contribution is 0.208. The molecule has 5 nitrogen and oxygen atoms in total. The Bertz CT molecular complexity index is 601. The van der Waals surface area contributed by atoms with Crippen molar-refractivity contribution in [2.24, 2.45) is 5.92 Å². The normalized spacial score (nSPS) is 19.3. The van der Waals surface area contributed by atoms with Crippen molar-refractivity contribution in [1.82, 2.24) is 9.97 Å². The van der Waals surface area contributed by atoms with E-state index in [-0.39, 0.29) is 6.61 Å². The van der Waals surface area contributed by atoms with Gasteiger partial charge in [-0.05, 0) is 30.9 Å². The zero-order chi connectivity index (χ0) is 13.9. The Morgan fingerprint density at radius 3 is 2.75 bits per heavy atom. The van der Waals surface area contributed by atoms with Gasteiger partial charge in [-0.3, -0.25) is 0 Å². The minimum Gasteiger partial charge on any atom is -0.396 e. The molecule has 0 aliphatic carbocycles. The predicted octanol–water partition coefficient (Wildman–Crippen LogP) is 1.88. The SMILES string of the molecule is CNc1nc2ccccc2nc1N1CCCC(CO)C1. The molecule has 1 aromatic heterocycles. The second-order valence-electron chi connectivity index (χ2n) is 5.27. The monoisotopic (exact) mass is 272 g/mol. The third kappa shape index (κ3) is 2.41. The van der Waals surface area contributed by atoms with E-state index in [2.05, 4.69) is 15.2 Å². The Labute approximate surface area is 118 Å². The van der Waals surface area contributed by atoms with Gasteiger partial charge in [0.1, 0.15) is 0 Å². The molecule has 0 spiro atoms. The van der Waals surface area contributed by atoms with Gasteiger partial charge in [-0.15, -0.1) is 0 Å². The van der Waals surface area contributed by atoms with Gasteiger partial charge < -0.3 is 15.3 Å². The summed E-state index contributed by atoms with van der Waals surface area (Å²) in [5.41, 5.74) is 1.81. The Balaban J connectivity index is 2.00. The molecule has 1 unspecified atom stereocenters. The van der Waals surface area contributed by atoms with E-state index >= 15 is 0 Å². The first-order valence-corrected chi connectivity index (χ1v) is 7.12. The lowest BCUT2D eigenvalue weighted by Crippen LogP contribution is -2.37. The Hall–Kier alpha value is -1.88. The largest absolute Gasteiger partial charge is 0.396 e. The van der Waals surface area contributed by atoms with Crippen molar-refractivity contribution in [2.45, 2.75) is 12.8 Å². The van der Waals surface area contributed by atoms with Crippen LogP contribution in [0, 0.1) is 5.92 Å². The zero-order valence-electron chi connectivity index (χ0n) is 11.7. The van der Waals surface area contributed by atoms with Gasteiger partial charge in [-0.2, -0.15) is 0 Å². The van der Waals surface area contributed by atoms with Crippen LogP contribution >= 0.6 is 0 Å². The van der Waals surface area contributed by atoms with E-state index in [0.29, 0.717) is 5.92 Å². The summed E-state index contributed by atoms with van der Waals surface area (Å²) in [6.07, 6.45) is 2.17. The van der Waals surface area contributed by atoms with Gasteiger partial charge in [0.15, 0.2) is 11.6 Å². The number of para-hydroxylation sites is 2. The van der Waals surface area contributed by atoms with Crippen LogP contribution in [0.25, 0.3) is 11.0 Å². The summed E-state index contributed by atoms with van der Waals surface area (Å²) in [6.45, 7) is 2.06. The van der Waals surface area contributed by atoms with E-state index in [0.717, 1.165) is 48.6 Å². The second-order valence-corrected chi connectivity index (χ2v) is 5.27. The number of benzene rings is 1. The number of aliphatic hydroxyl groups excluding tert-OH is 1. The van der Waals surface area contributed by atoms with E-state index in [4.69, 9.17) is 4.98 Å². The van der Waals surface area contributed by atoms with E-state index in [1.807, 2.05) is 31.3 Å². The van der Waals surface area contributed by atoms with Gasteiger partial charge in [0.05, 0.1) is 11.0 Å². The molecule has 2 heterocycles. The zero-order valence-corrected chi connectivity index (χ0v) is 11.7. The van der Waals surface area contributed by atoms with Crippen molar-refractivity contribution in [3.8, 4) is 0 Å². The van der Waals surface area contributed by atoms with Crippen LogP contribution in [0.5, 0.6) is 0 Å². The minimum atomic E-state index is 0.242. The molecule has 5 heteroatoms. The summed E-state index contributed by atoms with van der Waals surface area (Å²) in [5.74, 6) is 2.04. The molecular weight excluding hydrogens is 252 g/mol. The summed E-state index contributed by atoms with van der Waals surface area (Å²) in [6, 6.07) is 7.91. The fourth-order valence-corrected chi connectivity index (χ4v) is 2.79. The van der Waals surface area contributed by atoms with Gasteiger partial charge in [0.25, 0.3) is 0 Å². The molecule has 2 N–H and O–H groups in total. The van der Waals surface area contributed by atoms with Crippen molar-refractivity contribution in [3.63, 3.8) is 0 Å². The van der Waals surface area contributed by atoms with Crippen molar-refractivity contribution in [2.75, 3.05) is 37.0 Å². The molecule has 1 fully saturated rings. The lowest BCUT2D eigenvalue weighted by atomic mass is 9.99. The number of rotatable bonds is 3. The minimum absolute atomic E-state index is 0.242. The molecule has 0 amide bonds. The third-order valence-electron chi connectivity index (χ3n) is 3.87. The molecule has 0 bridgehead atoms. The number of anilines is 2. The predicted molar refractivity (Wildman–Crippen MR) is 81.1 cm³/mol. The average molecular weight is 272 g/mol. The average Bonchev–Trinajstić information content (AvgIpc) is 2.53. The maximum absolute atomic E-state index is 9.38. The van der Waals surface area contributed by atoms with Crippen molar-refractivity contribution in [3.05, 3.63) is 24.3 Å². The Morgan fingerprint density at radius 2 is 2.05 bits per heavy atom. The van der Waals surface area contributed by atoms with Gasteiger partial charge in [-0.1, -0.05) is 12.1 Å². The number of aromatic nitrogens is 2. The number of fused-ring (bicyclic) bond motifs is 1. The standard InChI is InChI=1S/C15H20N4O/c1-16-14-15(19-8-4-5-11(9-19)10-20)18-13-7-3-2-6-12(13)17-14/h2-3,6-7,11,20H,4-5,8-10H2,1H3,(H,16,17). The number of nitrogens with one attached hydrogen (secondary N) is 1. The number of piperidine rings is 1. The number of nitrogens with zero attached hydrogens (tertiary/aromatic N) is 3. The Morgan fingerprint density at radius 1 is 1.30 bits per heavy atom. The second kappa shape index (κ2) is 5.63.